The van der Waals surface area contributed by atoms with Crippen LogP contribution in [0.5, 0.6) is 23.0 Å². The third-order valence-corrected chi connectivity index (χ3v) is 6.73. The van der Waals surface area contributed by atoms with E-state index in [2.05, 4.69) is 0 Å². The van der Waals surface area contributed by atoms with Gasteiger partial charge in [0.15, 0.2) is 23.0 Å². The first-order chi connectivity index (χ1) is 16.1. The van der Waals surface area contributed by atoms with Gasteiger partial charge in [-0.2, -0.15) is 0 Å². The summed E-state index contributed by atoms with van der Waals surface area (Å²) in [6, 6.07) is 21.6. The molecule has 0 radical (unpaired) electrons. The van der Waals surface area contributed by atoms with E-state index in [0.29, 0.717) is 41.9 Å². The Labute approximate surface area is 198 Å². The lowest BCUT2D eigenvalue weighted by Crippen LogP contribution is -2.27. The number of hydrogen-bond acceptors (Lipinski definition) is 6. The van der Waals surface area contributed by atoms with E-state index in [1.165, 1.54) is 0 Å². The highest BCUT2D eigenvalue weighted by molar-refractivity contribution is 8.00. The number of rotatable bonds is 9. The molecule has 0 aromatic heterocycles. The van der Waals surface area contributed by atoms with Crippen molar-refractivity contribution in [3.63, 3.8) is 0 Å². The van der Waals surface area contributed by atoms with Crippen LogP contribution in [0.4, 0.5) is 0 Å². The molecule has 172 valence electrons. The van der Waals surface area contributed by atoms with Gasteiger partial charge in [-0.1, -0.05) is 42.5 Å². The van der Waals surface area contributed by atoms with Crippen molar-refractivity contribution >= 4 is 17.7 Å². The summed E-state index contributed by atoms with van der Waals surface area (Å²) in [6.07, 6.45) is 0. The number of hydrogen-bond donors (Lipinski definition) is 0. The van der Waals surface area contributed by atoms with Gasteiger partial charge in [0.2, 0.25) is 5.91 Å². The minimum absolute atomic E-state index is 0.100. The summed E-state index contributed by atoms with van der Waals surface area (Å²) in [5.74, 6) is 3.17. The third kappa shape index (κ3) is 5.20. The van der Waals surface area contributed by atoms with E-state index in [-0.39, 0.29) is 11.3 Å². The van der Waals surface area contributed by atoms with Crippen LogP contribution in [0.15, 0.2) is 66.7 Å². The smallest absolute Gasteiger partial charge is 0.234 e. The molecule has 1 heterocycles. The Balaban J connectivity index is 1.52. The Bertz CT molecular complexity index is 1110. The number of thioether (sulfide) groups is 1. The fourth-order valence-corrected chi connectivity index (χ4v) is 4.95. The SMILES string of the molecule is COc1ccc(CN2C(=O)CSC2c2ccc(OCc3ccccc3)c(OC)c2)cc1OC. The molecule has 0 saturated carbocycles. The predicted octanol–water partition coefficient (Wildman–Crippen LogP) is 5.07. The molecule has 33 heavy (non-hydrogen) atoms. The summed E-state index contributed by atoms with van der Waals surface area (Å²) in [5.41, 5.74) is 3.06. The van der Waals surface area contributed by atoms with Crippen LogP contribution in [0.25, 0.3) is 0 Å². The van der Waals surface area contributed by atoms with E-state index in [9.17, 15) is 4.79 Å². The van der Waals surface area contributed by atoms with E-state index >= 15 is 0 Å². The molecule has 1 saturated heterocycles. The fraction of sp³-hybridized carbons (Fsp3) is 0.269. The molecule has 1 aliphatic rings. The highest BCUT2D eigenvalue weighted by atomic mass is 32.2. The number of ether oxygens (including phenoxy) is 4. The molecule has 0 spiro atoms. The maximum atomic E-state index is 12.7. The molecule has 3 aromatic carbocycles. The standard InChI is InChI=1S/C26H27NO5S/c1-29-21-11-9-19(13-23(21)30-2)15-27-25(28)17-33-26(27)20-10-12-22(24(14-20)31-3)32-16-18-7-5-4-6-8-18/h4-14,26H,15-17H2,1-3H3. The summed E-state index contributed by atoms with van der Waals surface area (Å²) in [6.45, 7) is 0.935. The van der Waals surface area contributed by atoms with Crippen molar-refractivity contribution < 1.29 is 23.7 Å². The third-order valence-electron chi connectivity index (χ3n) is 5.48. The van der Waals surface area contributed by atoms with Gasteiger partial charge in [0.25, 0.3) is 0 Å². The van der Waals surface area contributed by atoms with Crippen LogP contribution >= 0.6 is 11.8 Å². The molecule has 0 N–H and O–H groups in total. The first-order valence-corrected chi connectivity index (χ1v) is 11.6. The number of methoxy groups -OCH3 is 3. The molecule has 7 heteroatoms. The Morgan fingerprint density at radius 2 is 1.52 bits per heavy atom. The predicted molar refractivity (Wildman–Crippen MR) is 129 cm³/mol. The minimum atomic E-state index is -0.109. The summed E-state index contributed by atoms with van der Waals surface area (Å²) in [7, 11) is 4.84. The molecule has 1 fully saturated rings. The van der Waals surface area contributed by atoms with Crippen molar-refractivity contribution in [2.75, 3.05) is 27.1 Å². The maximum absolute atomic E-state index is 12.7. The number of nitrogens with zero attached hydrogens (tertiary/aromatic N) is 1. The molecule has 1 amide bonds. The van der Waals surface area contributed by atoms with Gasteiger partial charge in [0, 0.05) is 6.54 Å². The van der Waals surface area contributed by atoms with Crippen LogP contribution in [-0.4, -0.2) is 37.9 Å². The second kappa shape index (κ2) is 10.5. The molecule has 4 rings (SSSR count). The molecule has 1 unspecified atom stereocenters. The highest BCUT2D eigenvalue weighted by Crippen LogP contribution is 2.42. The van der Waals surface area contributed by atoms with Crippen LogP contribution in [0, 0.1) is 0 Å². The van der Waals surface area contributed by atoms with Crippen LogP contribution in [0.1, 0.15) is 22.1 Å². The van der Waals surface area contributed by atoms with E-state index in [1.807, 2.05) is 71.6 Å². The van der Waals surface area contributed by atoms with E-state index in [4.69, 9.17) is 18.9 Å². The fourth-order valence-electron chi connectivity index (χ4n) is 3.77. The summed E-state index contributed by atoms with van der Waals surface area (Å²) in [4.78, 5) is 14.6. The van der Waals surface area contributed by atoms with Crippen molar-refractivity contribution in [1.29, 1.82) is 0 Å². The lowest BCUT2D eigenvalue weighted by Gasteiger charge is -2.25. The quantitative estimate of drug-likeness (QED) is 0.440. The van der Waals surface area contributed by atoms with Gasteiger partial charge >= 0.3 is 0 Å². The number of amides is 1. The zero-order valence-corrected chi connectivity index (χ0v) is 19.8. The number of benzene rings is 3. The second-order valence-corrected chi connectivity index (χ2v) is 8.63. The molecule has 3 aromatic rings. The zero-order valence-electron chi connectivity index (χ0n) is 18.9. The summed E-state index contributed by atoms with van der Waals surface area (Å²) < 4.78 is 22.3. The summed E-state index contributed by atoms with van der Waals surface area (Å²) >= 11 is 1.61. The van der Waals surface area contributed by atoms with Gasteiger partial charge in [0.1, 0.15) is 12.0 Å². The van der Waals surface area contributed by atoms with Gasteiger partial charge < -0.3 is 23.8 Å². The lowest BCUT2D eigenvalue weighted by atomic mass is 10.1. The second-order valence-electron chi connectivity index (χ2n) is 7.56. The van der Waals surface area contributed by atoms with Crippen molar-refractivity contribution in [3.05, 3.63) is 83.4 Å². The van der Waals surface area contributed by atoms with Crippen molar-refractivity contribution in [2.45, 2.75) is 18.5 Å². The average molecular weight is 466 g/mol. The van der Waals surface area contributed by atoms with Gasteiger partial charge in [-0.25, -0.2) is 0 Å². The Kier molecular flexibility index (Phi) is 7.29. The average Bonchev–Trinajstić information content (AvgIpc) is 3.22. The number of carbonyl (C=O) groups excluding carboxylic acids is 1. The van der Waals surface area contributed by atoms with E-state index < -0.39 is 0 Å². The van der Waals surface area contributed by atoms with E-state index in [1.54, 1.807) is 33.1 Å². The van der Waals surface area contributed by atoms with Gasteiger partial charge in [-0.3, -0.25) is 4.79 Å². The van der Waals surface area contributed by atoms with Gasteiger partial charge in [-0.15, -0.1) is 11.8 Å². The van der Waals surface area contributed by atoms with Crippen LogP contribution < -0.4 is 18.9 Å². The lowest BCUT2D eigenvalue weighted by molar-refractivity contribution is -0.128. The van der Waals surface area contributed by atoms with Crippen LogP contribution in [0.2, 0.25) is 0 Å². The maximum Gasteiger partial charge on any atom is 0.234 e. The van der Waals surface area contributed by atoms with Crippen molar-refractivity contribution in [2.24, 2.45) is 0 Å². The topological polar surface area (TPSA) is 57.2 Å². The molecular weight excluding hydrogens is 438 g/mol. The molecule has 1 atom stereocenters. The van der Waals surface area contributed by atoms with Crippen LogP contribution in [0.3, 0.4) is 0 Å². The monoisotopic (exact) mass is 465 g/mol. The first-order valence-electron chi connectivity index (χ1n) is 10.6. The Morgan fingerprint density at radius 1 is 0.818 bits per heavy atom. The zero-order chi connectivity index (χ0) is 23.2. The normalized spacial score (nSPS) is 15.4. The highest BCUT2D eigenvalue weighted by Gasteiger charge is 2.33. The van der Waals surface area contributed by atoms with Crippen molar-refractivity contribution in [1.82, 2.24) is 4.90 Å². The first kappa shape index (κ1) is 22.9. The molecule has 0 bridgehead atoms. The largest absolute Gasteiger partial charge is 0.493 e. The molecule has 6 nitrogen and oxygen atoms in total. The van der Waals surface area contributed by atoms with Crippen molar-refractivity contribution in [3.8, 4) is 23.0 Å². The van der Waals surface area contributed by atoms with Crippen LogP contribution in [-0.2, 0) is 17.9 Å². The molecule has 1 aliphatic heterocycles. The Hall–Kier alpha value is -3.32. The summed E-state index contributed by atoms with van der Waals surface area (Å²) in [5, 5.41) is -0.109. The number of carbonyl (C=O) groups is 1. The van der Waals surface area contributed by atoms with Gasteiger partial charge in [-0.05, 0) is 41.0 Å². The van der Waals surface area contributed by atoms with Gasteiger partial charge in [0.05, 0.1) is 27.1 Å². The van der Waals surface area contributed by atoms with E-state index in [0.717, 1.165) is 16.7 Å². The Morgan fingerprint density at radius 3 is 2.24 bits per heavy atom. The minimum Gasteiger partial charge on any atom is -0.493 e. The molecular formula is C26H27NO5S. The molecule has 0 aliphatic carbocycles.